The van der Waals surface area contributed by atoms with Crippen molar-refractivity contribution in [3.8, 4) is 5.75 Å². The van der Waals surface area contributed by atoms with Gasteiger partial charge in [0.2, 0.25) is 5.91 Å². The molecule has 110 valence electrons. The Labute approximate surface area is 120 Å². The SMILES string of the molecule is COc1cccc([C@@H](C)NC(=O)C2CCCCC2N)c1. The van der Waals surface area contributed by atoms with Crippen LogP contribution in [0.4, 0.5) is 0 Å². The van der Waals surface area contributed by atoms with Crippen molar-refractivity contribution in [3.63, 3.8) is 0 Å². The second kappa shape index (κ2) is 6.75. The van der Waals surface area contributed by atoms with E-state index >= 15 is 0 Å². The van der Waals surface area contributed by atoms with Crippen molar-refractivity contribution < 1.29 is 9.53 Å². The highest BCUT2D eigenvalue weighted by molar-refractivity contribution is 5.80. The summed E-state index contributed by atoms with van der Waals surface area (Å²) in [6.07, 6.45) is 4.08. The van der Waals surface area contributed by atoms with Gasteiger partial charge in [-0.2, -0.15) is 0 Å². The molecular weight excluding hydrogens is 252 g/mol. The lowest BCUT2D eigenvalue weighted by molar-refractivity contribution is -0.127. The van der Waals surface area contributed by atoms with Crippen molar-refractivity contribution in [2.45, 2.75) is 44.7 Å². The number of nitrogens with two attached hydrogens (primary N) is 1. The third-order valence-electron chi connectivity index (χ3n) is 4.11. The molecule has 1 fully saturated rings. The maximum Gasteiger partial charge on any atom is 0.225 e. The van der Waals surface area contributed by atoms with Crippen LogP contribution in [0.2, 0.25) is 0 Å². The molecule has 1 saturated carbocycles. The van der Waals surface area contributed by atoms with Crippen LogP contribution in [0.3, 0.4) is 0 Å². The molecule has 1 aromatic rings. The van der Waals surface area contributed by atoms with Gasteiger partial charge in [-0.15, -0.1) is 0 Å². The van der Waals surface area contributed by atoms with E-state index in [1.807, 2.05) is 31.2 Å². The fourth-order valence-electron chi connectivity index (χ4n) is 2.80. The molecular formula is C16H24N2O2. The Morgan fingerprint density at radius 2 is 2.15 bits per heavy atom. The number of benzene rings is 1. The quantitative estimate of drug-likeness (QED) is 0.887. The largest absolute Gasteiger partial charge is 0.497 e. The molecule has 4 heteroatoms. The molecule has 2 unspecified atom stereocenters. The summed E-state index contributed by atoms with van der Waals surface area (Å²) >= 11 is 0. The van der Waals surface area contributed by atoms with Gasteiger partial charge in [0.05, 0.1) is 19.1 Å². The molecule has 0 aromatic heterocycles. The first-order chi connectivity index (χ1) is 9.61. The fourth-order valence-corrected chi connectivity index (χ4v) is 2.80. The van der Waals surface area contributed by atoms with E-state index in [9.17, 15) is 4.79 Å². The van der Waals surface area contributed by atoms with Gasteiger partial charge in [-0.1, -0.05) is 25.0 Å². The standard InChI is InChI=1S/C16H24N2O2/c1-11(12-6-5-7-13(10-12)20-2)18-16(19)14-8-3-4-9-15(14)17/h5-7,10-11,14-15H,3-4,8-9,17H2,1-2H3,(H,18,19)/t11-,14?,15?/m1/s1. The summed E-state index contributed by atoms with van der Waals surface area (Å²) < 4.78 is 5.21. The predicted octanol–water partition coefficient (Wildman–Crippen LogP) is 2.39. The number of rotatable bonds is 4. The molecule has 0 spiro atoms. The molecule has 20 heavy (non-hydrogen) atoms. The van der Waals surface area contributed by atoms with Crippen molar-refractivity contribution in [1.82, 2.24) is 5.32 Å². The first-order valence-corrected chi connectivity index (χ1v) is 7.31. The minimum atomic E-state index is -0.0446. The molecule has 2 rings (SSSR count). The van der Waals surface area contributed by atoms with E-state index in [1.54, 1.807) is 7.11 Å². The maximum absolute atomic E-state index is 12.3. The molecule has 4 nitrogen and oxygen atoms in total. The number of carbonyl (C=O) groups excluding carboxylic acids is 1. The molecule has 0 radical (unpaired) electrons. The number of carbonyl (C=O) groups is 1. The fraction of sp³-hybridized carbons (Fsp3) is 0.562. The summed E-state index contributed by atoms with van der Waals surface area (Å²) in [7, 11) is 1.64. The zero-order valence-electron chi connectivity index (χ0n) is 12.3. The van der Waals surface area contributed by atoms with Crippen molar-refractivity contribution in [1.29, 1.82) is 0 Å². The lowest BCUT2D eigenvalue weighted by Crippen LogP contribution is -2.44. The number of hydrogen-bond donors (Lipinski definition) is 2. The zero-order valence-corrected chi connectivity index (χ0v) is 12.3. The molecule has 1 aliphatic rings. The number of nitrogens with one attached hydrogen (secondary N) is 1. The van der Waals surface area contributed by atoms with Gasteiger partial charge in [0.1, 0.15) is 5.75 Å². The molecule has 1 amide bonds. The third-order valence-corrected chi connectivity index (χ3v) is 4.11. The maximum atomic E-state index is 12.3. The van der Waals surface area contributed by atoms with E-state index in [-0.39, 0.29) is 23.9 Å². The van der Waals surface area contributed by atoms with E-state index in [4.69, 9.17) is 10.5 Å². The molecule has 0 heterocycles. The van der Waals surface area contributed by atoms with Gasteiger partial charge in [0.25, 0.3) is 0 Å². The lowest BCUT2D eigenvalue weighted by Gasteiger charge is -2.28. The van der Waals surface area contributed by atoms with Crippen molar-refractivity contribution in [2.75, 3.05) is 7.11 Å². The van der Waals surface area contributed by atoms with Crippen LogP contribution in [-0.4, -0.2) is 19.1 Å². The van der Waals surface area contributed by atoms with Crippen LogP contribution in [-0.2, 0) is 4.79 Å². The van der Waals surface area contributed by atoms with Gasteiger partial charge >= 0.3 is 0 Å². The zero-order chi connectivity index (χ0) is 14.5. The number of amides is 1. The van der Waals surface area contributed by atoms with Crippen LogP contribution in [0.15, 0.2) is 24.3 Å². The summed E-state index contributed by atoms with van der Waals surface area (Å²) in [6.45, 7) is 1.99. The van der Waals surface area contributed by atoms with E-state index < -0.39 is 0 Å². The van der Waals surface area contributed by atoms with Gasteiger partial charge in [-0.25, -0.2) is 0 Å². The Morgan fingerprint density at radius 1 is 1.40 bits per heavy atom. The van der Waals surface area contributed by atoms with Gasteiger partial charge in [-0.3, -0.25) is 4.79 Å². The molecule has 3 atom stereocenters. The summed E-state index contributed by atoms with van der Waals surface area (Å²) in [5.74, 6) is 0.835. The van der Waals surface area contributed by atoms with Crippen LogP contribution < -0.4 is 15.8 Å². The summed E-state index contributed by atoms with van der Waals surface area (Å²) in [4.78, 5) is 12.3. The first-order valence-electron chi connectivity index (χ1n) is 7.31. The molecule has 1 aromatic carbocycles. The van der Waals surface area contributed by atoms with E-state index in [2.05, 4.69) is 5.32 Å². The van der Waals surface area contributed by atoms with E-state index in [0.29, 0.717) is 0 Å². The molecule has 3 N–H and O–H groups in total. The highest BCUT2D eigenvalue weighted by Crippen LogP contribution is 2.25. The highest BCUT2D eigenvalue weighted by Gasteiger charge is 2.28. The average molecular weight is 276 g/mol. The van der Waals surface area contributed by atoms with Crippen LogP contribution in [0.1, 0.15) is 44.2 Å². The number of hydrogen-bond acceptors (Lipinski definition) is 3. The molecule has 0 bridgehead atoms. The minimum Gasteiger partial charge on any atom is -0.497 e. The Bertz CT molecular complexity index is 462. The van der Waals surface area contributed by atoms with Gasteiger partial charge < -0.3 is 15.8 Å². The Balaban J connectivity index is 1.99. The van der Waals surface area contributed by atoms with Gasteiger partial charge in [0, 0.05) is 6.04 Å². The normalized spacial score (nSPS) is 23.9. The minimum absolute atomic E-state index is 0.00117. The summed E-state index contributed by atoms with van der Waals surface area (Å²) in [5, 5.41) is 3.07. The molecule has 0 saturated heterocycles. The topological polar surface area (TPSA) is 64.3 Å². The Kier molecular flexibility index (Phi) is 5.01. The van der Waals surface area contributed by atoms with E-state index in [1.165, 1.54) is 0 Å². The van der Waals surface area contributed by atoms with Crippen LogP contribution >= 0.6 is 0 Å². The average Bonchev–Trinajstić information content (AvgIpc) is 2.47. The second-order valence-corrected chi connectivity index (χ2v) is 5.56. The van der Waals surface area contributed by atoms with Crippen molar-refractivity contribution in [3.05, 3.63) is 29.8 Å². The van der Waals surface area contributed by atoms with Gasteiger partial charge in [0.15, 0.2) is 0 Å². The lowest BCUT2D eigenvalue weighted by atomic mass is 9.84. The molecule has 0 aliphatic heterocycles. The third kappa shape index (κ3) is 3.51. The monoisotopic (exact) mass is 276 g/mol. The van der Waals surface area contributed by atoms with Gasteiger partial charge in [-0.05, 0) is 37.5 Å². The smallest absolute Gasteiger partial charge is 0.225 e. The Hall–Kier alpha value is -1.55. The molecule has 1 aliphatic carbocycles. The van der Waals surface area contributed by atoms with Crippen LogP contribution in [0, 0.1) is 5.92 Å². The van der Waals surface area contributed by atoms with Crippen LogP contribution in [0.25, 0.3) is 0 Å². The van der Waals surface area contributed by atoms with Crippen molar-refractivity contribution >= 4 is 5.91 Å². The first kappa shape index (κ1) is 14.9. The predicted molar refractivity (Wildman–Crippen MR) is 79.5 cm³/mol. The summed E-state index contributed by atoms with van der Waals surface area (Å²) in [5.41, 5.74) is 7.10. The van der Waals surface area contributed by atoms with Crippen LogP contribution in [0.5, 0.6) is 5.75 Å². The van der Waals surface area contributed by atoms with Crippen molar-refractivity contribution in [2.24, 2.45) is 11.7 Å². The number of ether oxygens (including phenoxy) is 1. The highest BCUT2D eigenvalue weighted by atomic mass is 16.5. The Morgan fingerprint density at radius 3 is 2.85 bits per heavy atom. The number of methoxy groups -OCH3 is 1. The summed E-state index contributed by atoms with van der Waals surface area (Å²) in [6, 6.07) is 7.74. The second-order valence-electron chi connectivity index (χ2n) is 5.56. The van der Waals surface area contributed by atoms with E-state index in [0.717, 1.165) is 37.0 Å².